The number of urea groups is 1. The standard InChI is InChI=1S/C40H66N2O9/c1-25(2)7-6-8-26(3)30-11-12-31-29-10-9-27-23-28(13-18-38(27,4)32(29)14-19-39(30,31)5)51-36(49)24-41-37(50)42-40(20-15-33(43)44,21-16-34(45)46)22-17-35(47)48/h25-32H,6-24H2,1-5H3,(H,43,44)(H,45,46)(H,47,48)(H2,41,42,50)/t26-,27+,28-,29+,30-,31+,32+,38+,39-/m1/s1. The largest absolute Gasteiger partial charge is 0.481 e. The Morgan fingerprint density at radius 2 is 1.35 bits per heavy atom. The molecule has 5 N–H and O–H groups in total. The maximum Gasteiger partial charge on any atom is 0.325 e. The predicted molar refractivity (Wildman–Crippen MR) is 193 cm³/mol. The molecule has 4 fully saturated rings. The van der Waals surface area contributed by atoms with Crippen LogP contribution in [0.1, 0.15) is 150 Å². The molecule has 2 amide bonds. The first-order valence-electron chi connectivity index (χ1n) is 19.9. The Hall–Kier alpha value is -2.85. The zero-order valence-electron chi connectivity index (χ0n) is 31.8. The highest BCUT2D eigenvalue weighted by Crippen LogP contribution is 2.68. The van der Waals surface area contributed by atoms with Crippen LogP contribution >= 0.6 is 0 Å². The van der Waals surface area contributed by atoms with Gasteiger partial charge in [-0.05, 0) is 129 Å². The predicted octanol–water partition coefficient (Wildman–Crippen LogP) is 7.65. The normalized spacial score (nSPS) is 32.2. The topological polar surface area (TPSA) is 179 Å². The third kappa shape index (κ3) is 10.2. The number of amides is 2. The van der Waals surface area contributed by atoms with Gasteiger partial charge in [0, 0.05) is 24.8 Å². The summed E-state index contributed by atoms with van der Waals surface area (Å²) in [7, 11) is 0. The van der Waals surface area contributed by atoms with Crippen molar-refractivity contribution in [1.29, 1.82) is 0 Å². The van der Waals surface area contributed by atoms with Crippen LogP contribution in [0.5, 0.6) is 0 Å². The number of aliphatic carboxylic acids is 3. The minimum atomic E-state index is -1.38. The van der Waals surface area contributed by atoms with E-state index in [1.165, 1.54) is 57.8 Å². The molecule has 290 valence electrons. The zero-order valence-corrected chi connectivity index (χ0v) is 31.8. The number of carbonyl (C=O) groups is 5. The van der Waals surface area contributed by atoms with E-state index in [4.69, 9.17) is 4.74 Å². The molecule has 0 unspecified atom stereocenters. The average Bonchev–Trinajstić information content (AvgIpc) is 3.41. The van der Waals surface area contributed by atoms with Gasteiger partial charge in [-0.3, -0.25) is 19.2 Å². The number of carbonyl (C=O) groups excluding carboxylic acids is 2. The second-order valence-corrected chi connectivity index (χ2v) is 17.8. The molecule has 4 aliphatic rings. The van der Waals surface area contributed by atoms with E-state index < -0.39 is 42.0 Å². The first kappa shape index (κ1) is 40.9. The summed E-state index contributed by atoms with van der Waals surface area (Å²) in [6.45, 7) is 11.9. The fourth-order valence-electron chi connectivity index (χ4n) is 11.6. The Kier molecular flexibility index (Phi) is 13.9. The molecule has 4 rings (SSSR count). The number of carboxylic acid groups (broad SMARTS) is 3. The summed E-state index contributed by atoms with van der Waals surface area (Å²) >= 11 is 0. The first-order valence-corrected chi connectivity index (χ1v) is 19.9. The maximum atomic E-state index is 12.9. The Balaban J connectivity index is 1.29. The van der Waals surface area contributed by atoms with Crippen molar-refractivity contribution in [3.8, 4) is 0 Å². The summed E-state index contributed by atoms with van der Waals surface area (Å²) in [5, 5.41) is 32.8. The third-order valence-corrected chi connectivity index (χ3v) is 14.3. The van der Waals surface area contributed by atoms with Gasteiger partial charge in [0.15, 0.2) is 0 Å². The van der Waals surface area contributed by atoms with Crippen molar-refractivity contribution in [2.24, 2.45) is 52.3 Å². The first-order chi connectivity index (χ1) is 24.0. The highest BCUT2D eigenvalue weighted by atomic mass is 16.5. The summed E-state index contributed by atoms with van der Waals surface area (Å²) in [4.78, 5) is 59.8. The molecule has 4 aliphatic carbocycles. The molecule has 0 heterocycles. The van der Waals surface area contributed by atoms with E-state index in [9.17, 15) is 39.3 Å². The molecule has 0 radical (unpaired) electrons. The molecule has 0 aliphatic heterocycles. The van der Waals surface area contributed by atoms with Crippen LogP contribution in [0.2, 0.25) is 0 Å². The summed E-state index contributed by atoms with van der Waals surface area (Å²) in [6.07, 6.45) is 12.7. The fourth-order valence-corrected chi connectivity index (χ4v) is 11.6. The van der Waals surface area contributed by atoms with Crippen molar-refractivity contribution in [2.45, 2.75) is 162 Å². The van der Waals surface area contributed by atoms with Crippen molar-refractivity contribution in [2.75, 3.05) is 6.54 Å². The lowest BCUT2D eigenvalue weighted by Gasteiger charge is -2.61. The van der Waals surface area contributed by atoms with Crippen LogP contribution in [-0.4, -0.2) is 63.4 Å². The van der Waals surface area contributed by atoms with Crippen molar-refractivity contribution >= 4 is 29.9 Å². The van der Waals surface area contributed by atoms with E-state index in [0.717, 1.165) is 54.8 Å². The number of carboxylic acids is 3. The minimum absolute atomic E-state index is 0.150. The molecule has 51 heavy (non-hydrogen) atoms. The van der Waals surface area contributed by atoms with Crippen molar-refractivity contribution in [1.82, 2.24) is 10.6 Å². The van der Waals surface area contributed by atoms with Crippen LogP contribution in [0.3, 0.4) is 0 Å². The van der Waals surface area contributed by atoms with Crippen molar-refractivity contribution < 1.29 is 44.0 Å². The average molecular weight is 719 g/mol. The molecule has 0 aromatic carbocycles. The van der Waals surface area contributed by atoms with Gasteiger partial charge in [0.1, 0.15) is 12.6 Å². The molecule has 0 saturated heterocycles. The Labute approximate surface area is 304 Å². The second-order valence-electron chi connectivity index (χ2n) is 17.8. The SMILES string of the molecule is CC(C)CCC[C@@H](C)[C@H]1CC[C@H]2[C@@H]3CC[C@H]4C[C@H](OC(=O)CNC(=O)NC(CCC(=O)O)(CCC(=O)O)CCC(=O)O)CC[C@]4(C)[C@H]3CC[C@]12C. The number of hydrogen-bond donors (Lipinski definition) is 5. The van der Waals surface area contributed by atoms with E-state index in [1.807, 2.05) is 0 Å². The van der Waals surface area contributed by atoms with Crippen molar-refractivity contribution in [3.05, 3.63) is 0 Å². The van der Waals surface area contributed by atoms with E-state index >= 15 is 0 Å². The Morgan fingerprint density at radius 3 is 1.94 bits per heavy atom. The lowest BCUT2D eigenvalue weighted by atomic mass is 9.44. The van der Waals surface area contributed by atoms with E-state index in [0.29, 0.717) is 11.3 Å². The monoisotopic (exact) mass is 718 g/mol. The minimum Gasteiger partial charge on any atom is -0.481 e. The van der Waals surface area contributed by atoms with Gasteiger partial charge in [-0.15, -0.1) is 0 Å². The molecular weight excluding hydrogens is 652 g/mol. The highest BCUT2D eigenvalue weighted by molar-refractivity contribution is 5.81. The summed E-state index contributed by atoms with van der Waals surface area (Å²) in [5.74, 6) is 1.20. The molecule has 0 bridgehead atoms. The number of rotatable bonds is 18. The molecule has 0 aromatic rings. The molecule has 4 saturated carbocycles. The molecular formula is C40H66N2O9. The highest BCUT2D eigenvalue weighted by Gasteiger charge is 2.60. The molecule has 0 spiro atoms. The van der Waals surface area contributed by atoms with Crippen LogP contribution in [0.25, 0.3) is 0 Å². The van der Waals surface area contributed by atoms with Gasteiger partial charge in [-0.1, -0.05) is 53.9 Å². The van der Waals surface area contributed by atoms with Crippen LogP contribution in [0.4, 0.5) is 4.79 Å². The smallest absolute Gasteiger partial charge is 0.325 e. The molecule has 0 aromatic heterocycles. The quantitative estimate of drug-likeness (QED) is 0.0890. The number of fused-ring (bicyclic) bond motifs is 5. The van der Waals surface area contributed by atoms with E-state index in [-0.39, 0.29) is 50.0 Å². The second kappa shape index (κ2) is 17.3. The third-order valence-electron chi connectivity index (χ3n) is 14.3. The molecule has 11 heteroatoms. The van der Waals surface area contributed by atoms with Gasteiger partial charge in [0.2, 0.25) is 0 Å². The van der Waals surface area contributed by atoms with Crippen LogP contribution in [-0.2, 0) is 23.9 Å². The molecule has 9 atom stereocenters. The van der Waals surface area contributed by atoms with Crippen LogP contribution in [0.15, 0.2) is 0 Å². The summed E-state index contributed by atoms with van der Waals surface area (Å²) < 4.78 is 5.90. The van der Waals surface area contributed by atoms with Gasteiger partial charge in [-0.2, -0.15) is 0 Å². The van der Waals surface area contributed by atoms with E-state index in [1.54, 1.807) is 0 Å². The fraction of sp³-hybridized carbons (Fsp3) is 0.875. The number of esters is 1. The van der Waals surface area contributed by atoms with Crippen molar-refractivity contribution in [3.63, 3.8) is 0 Å². The zero-order chi connectivity index (χ0) is 37.6. The lowest BCUT2D eigenvalue weighted by Crippen LogP contribution is -2.55. The Morgan fingerprint density at radius 1 is 0.765 bits per heavy atom. The molecule has 11 nitrogen and oxygen atoms in total. The van der Waals surface area contributed by atoms with Crippen LogP contribution < -0.4 is 10.6 Å². The van der Waals surface area contributed by atoms with Gasteiger partial charge in [-0.25, -0.2) is 4.79 Å². The summed E-state index contributed by atoms with van der Waals surface area (Å²) in [5.41, 5.74) is -0.676. The van der Waals surface area contributed by atoms with Gasteiger partial charge in [0.25, 0.3) is 0 Å². The number of ether oxygens (including phenoxy) is 1. The summed E-state index contributed by atoms with van der Waals surface area (Å²) in [6, 6.07) is -0.800. The maximum absolute atomic E-state index is 12.9. The number of hydrogen-bond acceptors (Lipinski definition) is 6. The van der Waals surface area contributed by atoms with Gasteiger partial charge < -0.3 is 30.7 Å². The van der Waals surface area contributed by atoms with Gasteiger partial charge in [0.05, 0.1) is 0 Å². The van der Waals surface area contributed by atoms with Gasteiger partial charge >= 0.3 is 29.9 Å². The Bertz CT molecular complexity index is 1210. The van der Waals surface area contributed by atoms with Crippen LogP contribution in [0, 0.1) is 52.3 Å². The lowest BCUT2D eigenvalue weighted by molar-refractivity contribution is -0.161. The van der Waals surface area contributed by atoms with E-state index in [2.05, 4.69) is 45.3 Å². The number of nitrogens with one attached hydrogen (secondary N) is 2.